The molecule has 2 heterocycles. The molecule has 1 aromatic heterocycles. The van der Waals surface area contributed by atoms with Crippen LogP contribution in [-0.4, -0.2) is 15.7 Å². The Kier molecular flexibility index (Phi) is 10.1. The second kappa shape index (κ2) is 16.6. The van der Waals surface area contributed by atoms with Gasteiger partial charge >= 0.3 is 0 Å². The van der Waals surface area contributed by atoms with Crippen molar-refractivity contribution >= 4 is 28.8 Å². The minimum absolute atomic E-state index is 0.433. The Bertz CT molecular complexity index is 2980. The Morgan fingerprint density at radius 2 is 0.836 bits per heavy atom. The standard InChI is InChI=1S/C57H40N4/c58-55(43-26-14-5-15-27-43)54(42-24-12-4-13-25-42)56-50-36-48(33-32-46(50)37-51(59-56)41-22-10-3-11-23-41)53-38-52(47-30-16-28-44(34-47)39-18-6-1-7-19-39)60-57(61-53)49-31-17-29-45(35-49)40-20-8-2-9-21-40/h1-38,58-59H/b56-54-,58-55?. The molecule has 8 aromatic carbocycles. The minimum atomic E-state index is 0.433. The van der Waals surface area contributed by atoms with Crippen LogP contribution in [0.1, 0.15) is 27.8 Å². The van der Waals surface area contributed by atoms with E-state index >= 15 is 0 Å². The van der Waals surface area contributed by atoms with Crippen LogP contribution in [0.15, 0.2) is 224 Å². The molecule has 0 saturated heterocycles. The van der Waals surface area contributed by atoms with E-state index in [0.29, 0.717) is 11.5 Å². The lowest BCUT2D eigenvalue weighted by atomic mass is 9.87. The molecule has 0 unspecified atom stereocenters. The minimum Gasteiger partial charge on any atom is -0.354 e. The number of hydrogen-bond donors (Lipinski definition) is 2. The van der Waals surface area contributed by atoms with E-state index in [-0.39, 0.29) is 0 Å². The Hall–Kier alpha value is -8.21. The Labute approximate surface area is 356 Å². The van der Waals surface area contributed by atoms with Crippen molar-refractivity contribution in [1.29, 1.82) is 5.41 Å². The molecule has 2 N–H and O–H groups in total. The van der Waals surface area contributed by atoms with Crippen molar-refractivity contribution < 1.29 is 0 Å². The fourth-order valence-corrected chi connectivity index (χ4v) is 8.02. The van der Waals surface area contributed by atoms with Crippen LogP contribution in [0.4, 0.5) is 0 Å². The predicted octanol–water partition coefficient (Wildman–Crippen LogP) is 13.8. The first-order chi connectivity index (χ1) is 30.1. The monoisotopic (exact) mass is 780 g/mol. The van der Waals surface area contributed by atoms with Crippen molar-refractivity contribution in [2.75, 3.05) is 0 Å². The molecule has 0 radical (unpaired) electrons. The van der Waals surface area contributed by atoms with Crippen molar-refractivity contribution in [2.24, 2.45) is 0 Å². The Morgan fingerprint density at radius 1 is 0.377 bits per heavy atom. The molecule has 0 aliphatic carbocycles. The molecule has 4 heteroatoms. The molecule has 1 aliphatic heterocycles. The zero-order valence-corrected chi connectivity index (χ0v) is 33.3. The number of benzene rings is 8. The third kappa shape index (κ3) is 7.74. The van der Waals surface area contributed by atoms with Crippen LogP contribution in [0.2, 0.25) is 0 Å². The van der Waals surface area contributed by atoms with Crippen LogP contribution < -0.4 is 5.32 Å². The number of fused-ring (bicyclic) bond motifs is 1. The summed E-state index contributed by atoms with van der Waals surface area (Å²) < 4.78 is 0. The van der Waals surface area contributed by atoms with E-state index in [1.807, 2.05) is 66.7 Å². The van der Waals surface area contributed by atoms with Gasteiger partial charge in [0.2, 0.25) is 0 Å². The molecule has 0 fully saturated rings. The van der Waals surface area contributed by atoms with Gasteiger partial charge in [-0.1, -0.05) is 200 Å². The molecule has 288 valence electrons. The van der Waals surface area contributed by atoms with Crippen LogP contribution >= 0.6 is 0 Å². The third-order valence-corrected chi connectivity index (χ3v) is 11.1. The molecule has 0 bridgehead atoms. The molecule has 4 nitrogen and oxygen atoms in total. The van der Waals surface area contributed by atoms with Gasteiger partial charge in [0.15, 0.2) is 5.82 Å². The molecule has 0 atom stereocenters. The third-order valence-electron chi connectivity index (χ3n) is 11.1. The molecule has 10 rings (SSSR count). The lowest BCUT2D eigenvalue weighted by molar-refractivity contribution is 1.18. The molecule has 9 aromatic rings. The van der Waals surface area contributed by atoms with Crippen LogP contribution in [-0.2, 0) is 0 Å². The van der Waals surface area contributed by atoms with E-state index in [0.717, 1.165) is 95.1 Å². The quantitative estimate of drug-likeness (QED) is 0.143. The summed E-state index contributed by atoms with van der Waals surface area (Å²) in [5, 5.41) is 13.6. The summed E-state index contributed by atoms with van der Waals surface area (Å²) in [5.41, 5.74) is 17.0. The highest BCUT2D eigenvalue weighted by Crippen LogP contribution is 2.39. The highest BCUT2D eigenvalue weighted by molar-refractivity contribution is 6.36. The normalized spacial score (nSPS) is 12.8. The van der Waals surface area contributed by atoms with Crippen molar-refractivity contribution in [2.45, 2.75) is 0 Å². The van der Waals surface area contributed by atoms with E-state index in [4.69, 9.17) is 9.97 Å². The number of rotatable bonds is 9. The van der Waals surface area contributed by atoms with Gasteiger partial charge in [0, 0.05) is 39.1 Å². The maximum Gasteiger partial charge on any atom is 0.160 e. The van der Waals surface area contributed by atoms with Gasteiger partial charge in [-0.05, 0) is 69.3 Å². The highest BCUT2D eigenvalue weighted by atomic mass is 14.9. The SMILES string of the molecule is N=C(/C(=C1\NC(c2ccccc2)=Cc2ccc(-c3cc(-c4cccc(-c5ccccc5)c4)nc(-c4cccc(-c5ccccc5)c4)n3)cc21)c1ccccc1)c1ccccc1. The summed E-state index contributed by atoms with van der Waals surface area (Å²) in [6.45, 7) is 0. The fraction of sp³-hybridized carbons (Fsp3) is 0. The largest absolute Gasteiger partial charge is 0.354 e. The maximum absolute atomic E-state index is 9.76. The van der Waals surface area contributed by atoms with Crippen LogP contribution in [0.25, 0.3) is 79.2 Å². The zero-order valence-electron chi connectivity index (χ0n) is 33.3. The second-order valence-corrected chi connectivity index (χ2v) is 15.1. The molecule has 0 spiro atoms. The van der Waals surface area contributed by atoms with Crippen molar-refractivity contribution in [3.63, 3.8) is 0 Å². The van der Waals surface area contributed by atoms with Gasteiger partial charge in [-0.15, -0.1) is 0 Å². The topological polar surface area (TPSA) is 61.7 Å². The number of nitrogens with zero attached hydrogens (tertiary/aromatic N) is 2. The summed E-state index contributed by atoms with van der Waals surface area (Å²) >= 11 is 0. The molecular formula is C57H40N4. The molecule has 1 aliphatic rings. The molecular weight excluding hydrogens is 741 g/mol. The first kappa shape index (κ1) is 37.1. The van der Waals surface area contributed by atoms with E-state index in [2.05, 4.69) is 169 Å². The number of nitrogens with one attached hydrogen (secondary N) is 2. The number of allylic oxidation sites excluding steroid dienone is 1. The molecule has 61 heavy (non-hydrogen) atoms. The molecule has 0 amide bonds. The summed E-state index contributed by atoms with van der Waals surface area (Å²) in [4.78, 5) is 10.6. The summed E-state index contributed by atoms with van der Waals surface area (Å²) in [6.07, 6.45) is 2.20. The van der Waals surface area contributed by atoms with Gasteiger partial charge in [0.1, 0.15) is 0 Å². The fourth-order valence-electron chi connectivity index (χ4n) is 8.02. The summed E-state index contributed by atoms with van der Waals surface area (Å²) in [6, 6.07) is 77.2. The van der Waals surface area contributed by atoms with E-state index in [1.54, 1.807) is 0 Å². The lowest BCUT2D eigenvalue weighted by Crippen LogP contribution is -2.20. The number of hydrogen-bond acceptors (Lipinski definition) is 4. The van der Waals surface area contributed by atoms with Crippen LogP contribution in [0.3, 0.4) is 0 Å². The van der Waals surface area contributed by atoms with E-state index in [9.17, 15) is 5.41 Å². The Morgan fingerprint density at radius 3 is 1.43 bits per heavy atom. The Balaban J connectivity index is 1.18. The zero-order chi connectivity index (χ0) is 41.0. The van der Waals surface area contributed by atoms with Crippen LogP contribution in [0.5, 0.6) is 0 Å². The van der Waals surface area contributed by atoms with Crippen molar-refractivity contribution in [1.82, 2.24) is 15.3 Å². The van der Waals surface area contributed by atoms with E-state index < -0.39 is 0 Å². The first-order valence-corrected chi connectivity index (χ1v) is 20.5. The average molecular weight is 781 g/mol. The summed E-state index contributed by atoms with van der Waals surface area (Å²) in [5.74, 6) is 0.643. The molecule has 0 saturated carbocycles. The van der Waals surface area contributed by atoms with Gasteiger partial charge in [-0.25, -0.2) is 9.97 Å². The predicted molar refractivity (Wildman–Crippen MR) is 253 cm³/mol. The highest BCUT2D eigenvalue weighted by Gasteiger charge is 2.25. The van der Waals surface area contributed by atoms with Crippen molar-refractivity contribution in [3.05, 3.63) is 252 Å². The van der Waals surface area contributed by atoms with Crippen LogP contribution in [0, 0.1) is 5.41 Å². The van der Waals surface area contributed by atoms with Gasteiger partial charge in [0.05, 0.1) is 22.8 Å². The summed E-state index contributed by atoms with van der Waals surface area (Å²) in [7, 11) is 0. The maximum atomic E-state index is 9.76. The van der Waals surface area contributed by atoms with E-state index in [1.165, 1.54) is 0 Å². The second-order valence-electron chi connectivity index (χ2n) is 15.1. The van der Waals surface area contributed by atoms with Gasteiger partial charge < -0.3 is 5.32 Å². The van der Waals surface area contributed by atoms with Gasteiger partial charge in [-0.3, -0.25) is 5.41 Å². The average Bonchev–Trinajstić information content (AvgIpc) is 3.35. The number of aromatic nitrogens is 2. The van der Waals surface area contributed by atoms with Gasteiger partial charge in [-0.2, -0.15) is 0 Å². The first-order valence-electron chi connectivity index (χ1n) is 20.5. The lowest BCUT2D eigenvalue weighted by Gasteiger charge is -2.27. The van der Waals surface area contributed by atoms with Gasteiger partial charge in [0.25, 0.3) is 0 Å². The smallest absolute Gasteiger partial charge is 0.160 e. The van der Waals surface area contributed by atoms with Crippen molar-refractivity contribution in [3.8, 4) is 56.2 Å².